The Bertz CT molecular complexity index is 901. The fourth-order valence-electron chi connectivity index (χ4n) is 2.69. The van der Waals surface area contributed by atoms with E-state index in [9.17, 15) is 4.79 Å². The predicted octanol–water partition coefficient (Wildman–Crippen LogP) is 5.89. The standard InChI is InChI=1S/C22H19ClO2/c1-15-8-9-16(2)19(12-15)21(24)14-25-22-11-10-18(13-20(22)23)17-6-4-3-5-7-17/h3-13H,14H2,1-2H3. The van der Waals surface area contributed by atoms with Gasteiger partial charge >= 0.3 is 0 Å². The molecule has 0 fully saturated rings. The summed E-state index contributed by atoms with van der Waals surface area (Å²) in [5.74, 6) is 0.462. The molecule has 0 unspecified atom stereocenters. The number of hydrogen-bond acceptors (Lipinski definition) is 2. The zero-order valence-corrected chi connectivity index (χ0v) is 15.0. The lowest BCUT2D eigenvalue weighted by atomic mass is 10.0. The van der Waals surface area contributed by atoms with Gasteiger partial charge in [0, 0.05) is 5.56 Å². The number of carbonyl (C=O) groups is 1. The summed E-state index contributed by atoms with van der Waals surface area (Å²) in [6, 6.07) is 21.4. The van der Waals surface area contributed by atoms with E-state index in [1.807, 2.05) is 74.5 Å². The van der Waals surface area contributed by atoms with Crippen molar-refractivity contribution in [3.8, 4) is 16.9 Å². The van der Waals surface area contributed by atoms with E-state index in [0.717, 1.165) is 22.3 Å². The third-order valence-corrected chi connectivity index (χ3v) is 4.39. The molecule has 0 saturated carbocycles. The second-order valence-corrected chi connectivity index (χ2v) is 6.45. The molecule has 2 nitrogen and oxygen atoms in total. The van der Waals surface area contributed by atoms with E-state index in [4.69, 9.17) is 16.3 Å². The third kappa shape index (κ3) is 4.09. The molecule has 3 rings (SSSR count). The second-order valence-electron chi connectivity index (χ2n) is 6.04. The number of carbonyl (C=O) groups excluding carboxylic acids is 1. The van der Waals surface area contributed by atoms with Crippen LogP contribution in [0.5, 0.6) is 5.75 Å². The molecule has 3 aromatic rings. The second kappa shape index (κ2) is 7.54. The molecule has 0 aliphatic rings. The molecule has 0 radical (unpaired) electrons. The van der Waals surface area contributed by atoms with Gasteiger partial charge in [0.2, 0.25) is 0 Å². The van der Waals surface area contributed by atoms with Crippen LogP contribution in [-0.2, 0) is 0 Å². The van der Waals surface area contributed by atoms with E-state index in [2.05, 4.69) is 0 Å². The van der Waals surface area contributed by atoms with Crippen LogP contribution in [0.25, 0.3) is 11.1 Å². The minimum atomic E-state index is -0.0515. The SMILES string of the molecule is Cc1ccc(C)c(C(=O)COc2ccc(-c3ccccc3)cc2Cl)c1. The molecular formula is C22H19ClO2. The number of benzene rings is 3. The van der Waals surface area contributed by atoms with Crippen LogP contribution in [0.3, 0.4) is 0 Å². The largest absolute Gasteiger partial charge is 0.484 e. The highest BCUT2D eigenvalue weighted by atomic mass is 35.5. The summed E-state index contributed by atoms with van der Waals surface area (Å²) in [5, 5.41) is 0.495. The Balaban J connectivity index is 1.73. The van der Waals surface area contributed by atoms with Crippen molar-refractivity contribution in [3.05, 3.63) is 88.4 Å². The molecule has 0 heterocycles. The van der Waals surface area contributed by atoms with Crippen molar-refractivity contribution in [3.63, 3.8) is 0 Å². The number of ether oxygens (including phenoxy) is 1. The van der Waals surface area contributed by atoms with Gasteiger partial charge in [0.05, 0.1) is 5.02 Å². The average molecular weight is 351 g/mol. The Labute approximate surface area is 153 Å². The number of hydrogen-bond donors (Lipinski definition) is 0. The minimum Gasteiger partial charge on any atom is -0.484 e. The monoisotopic (exact) mass is 350 g/mol. The zero-order chi connectivity index (χ0) is 17.8. The molecule has 3 aromatic carbocycles. The van der Waals surface area contributed by atoms with Crippen LogP contribution in [0.15, 0.2) is 66.7 Å². The lowest BCUT2D eigenvalue weighted by Gasteiger charge is -2.11. The minimum absolute atomic E-state index is 0.0330. The van der Waals surface area contributed by atoms with Crippen LogP contribution in [-0.4, -0.2) is 12.4 Å². The molecule has 0 N–H and O–H groups in total. The van der Waals surface area contributed by atoms with E-state index in [0.29, 0.717) is 16.3 Å². The first-order valence-electron chi connectivity index (χ1n) is 8.13. The Kier molecular flexibility index (Phi) is 5.20. The molecule has 126 valence electrons. The summed E-state index contributed by atoms with van der Waals surface area (Å²) >= 11 is 6.33. The van der Waals surface area contributed by atoms with Gasteiger partial charge in [-0.25, -0.2) is 0 Å². The van der Waals surface area contributed by atoms with Crippen LogP contribution >= 0.6 is 11.6 Å². The number of aryl methyl sites for hydroxylation is 2. The first kappa shape index (κ1) is 17.2. The van der Waals surface area contributed by atoms with Crippen LogP contribution in [0.2, 0.25) is 5.02 Å². The molecule has 0 spiro atoms. The first-order chi connectivity index (χ1) is 12.0. The molecule has 0 bridgehead atoms. The smallest absolute Gasteiger partial charge is 0.200 e. The van der Waals surface area contributed by atoms with E-state index in [-0.39, 0.29) is 12.4 Å². The van der Waals surface area contributed by atoms with Gasteiger partial charge in [-0.2, -0.15) is 0 Å². The van der Waals surface area contributed by atoms with Crippen molar-refractivity contribution in [2.45, 2.75) is 13.8 Å². The van der Waals surface area contributed by atoms with E-state index in [1.165, 1.54) is 0 Å². The number of ketones is 1. The molecule has 0 atom stereocenters. The molecule has 0 aliphatic carbocycles. The van der Waals surface area contributed by atoms with Crippen molar-refractivity contribution >= 4 is 17.4 Å². The van der Waals surface area contributed by atoms with E-state index < -0.39 is 0 Å². The summed E-state index contributed by atoms with van der Waals surface area (Å²) in [6.07, 6.45) is 0. The van der Waals surface area contributed by atoms with Crippen LogP contribution in [0.4, 0.5) is 0 Å². The molecule has 0 saturated heterocycles. The van der Waals surface area contributed by atoms with Gasteiger partial charge in [-0.05, 0) is 48.7 Å². The van der Waals surface area contributed by atoms with Crippen LogP contribution in [0, 0.1) is 13.8 Å². The average Bonchev–Trinajstić information content (AvgIpc) is 2.63. The van der Waals surface area contributed by atoms with Crippen LogP contribution in [0.1, 0.15) is 21.5 Å². The maximum Gasteiger partial charge on any atom is 0.200 e. The Morgan fingerprint density at radius 2 is 1.68 bits per heavy atom. The normalized spacial score (nSPS) is 10.5. The van der Waals surface area contributed by atoms with Gasteiger partial charge in [-0.1, -0.05) is 65.7 Å². The highest BCUT2D eigenvalue weighted by Gasteiger charge is 2.12. The first-order valence-corrected chi connectivity index (χ1v) is 8.50. The lowest BCUT2D eigenvalue weighted by molar-refractivity contribution is 0.0921. The van der Waals surface area contributed by atoms with Crippen molar-refractivity contribution in [1.29, 1.82) is 0 Å². The summed E-state index contributed by atoms with van der Waals surface area (Å²) in [5.41, 5.74) is 4.79. The zero-order valence-electron chi connectivity index (χ0n) is 14.3. The summed E-state index contributed by atoms with van der Waals surface area (Å²) in [4.78, 5) is 12.4. The fourth-order valence-corrected chi connectivity index (χ4v) is 2.92. The van der Waals surface area contributed by atoms with Gasteiger partial charge < -0.3 is 4.74 Å². The molecule has 0 amide bonds. The summed E-state index contributed by atoms with van der Waals surface area (Å²) < 4.78 is 5.66. The van der Waals surface area contributed by atoms with Gasteiger partial charge in [0.25, 0.3) is 0 Å². The lowest BCUT2D eigenvalue weighted by Crippen LogP contribution is -2.13. The van der Waals surface area contributed by atoms with Crippen LogP contribution < -0.4 is 4.74 Å². The van der Waals surface area contributed by atoms with Gasteiger partial charge in [0.1, 0.15) is 5.75 Å². The van der Waals surface area contributed by atoms with Crippen molar-refractivity contribution in [2.24, 2.45) is 0 Å². The van der Waals surface area contributed by atoms with E-state index in [1.54, 1.807) is 6.07 Å². The number of Topliss-reactive ketones (excluding diaryl/α,β-unsaturated/α-hetero) is 1. The number of halogens is 1. The molecular weight excluding hydrogens is 332 g/mol. The summed E-state index contributed by atoms with van der Waals surface area (Å²) in [6.45, 7) is 3.86. The molecule has 3 heteroatoms. The molecule has 25 heavy (non-hydrogen) atoms. The third-order valence-electron chi connectivity index (χ3n) is 4.09. The fraction of sp³-hybridized carbons (Fsp3) is 0.136. The van der Waals surface area contributed by atoms with E-state index >= 15 is 0 Å². The van der Waals surface area contributed by atoms with Gasteiger partial charge in [-0.3, -0.25) is 4.79 Å². The topological polar surface area (TPSA) is 26.3 Å². The highest BCUT2D eigenvalue weighted by Crippen LogP contribution is 2.30. The highest BCUT2D eigenvalue weighted by molar-refractivity contribution is 6.32. The summed E-state index contributed by atoms with van der Waals surface area (Å²) in [7, 11) is 0. The maximum absolute atomic E-state index is 12.4. The number of rotatable bonds is 5. The predicted molar refractivity (Wildman–Crippen MR) is 103 cm³/mol. The Morgan fingerprint density at radius 1 is 0.920 bits per heavy atom. The van der Waals surface area contributed by atoms with Crippen molar-refractivity contribution in [1.82, 2.24) is 0 Å². The quantitative estimate of drug-likeness (QED) is 0.536. The van der Waals surface area contributed by atoms with Crippen molar-refractivity contribution < 1.29 is 9.53 Å². The molecule has 0 aromatic heterocycles. The van der Waals surface area contributed by atoms with Crippen molar-refractivity contribution in [2.75, 3.05) is 6.61 Å². The Hall–Kier alpha value is -2.58. The van der Waals surface area contributed by atoms with Gasteiger partial charge in [-0.15, -0.1) is 0 Å². The maximum atomic E-state index is 12.4. The Morgan fingerprint density at radius 3 is 2.40 bits per heavy atom. The molecule has 0 aliphatic heterocycles. The van der Waals surface area contributed by atoms with Gasteiger partial charge in [0.15, 0.2) is 12.4 Å².